The number of aromatic nitrogens is 2. The van der Waals surface area contributed by atoms with E-state index in [2.05, 4.69) is 22.0 Å². The molecular formula is C44H39F5N4O2. The van der Waals surface area contributed by atoms with E-state index in [4.69, 9.17) is 0 Å². The van der Waals surface area contributed by atoms with Crippen molar-refractivity contribution in [3.8, 4) is 11.1 Å². The van der Waals surface area contributed by atoms with E-state index in [9.17, 15) is 31.5 Å². The zero-order valence-corrected chi connectivity index (χ0v) is 30.0. The lowest BCUT2D eigenvalue weighted by molar-refractivity contribution is -0.137. The Bertz CT molecular complexity index is 2320. The highest BCUT2D eigenvalue weighted by Crippen LogP contribution is 2.31. The zero-order chi connectivity index (χ0) is 38.5. The van der Waals surface area contributed by atoms with Crippen LogP contribution in [-0.4, -0.2) is 44.4 Å². The highest BCUT2D eigenvalue weighted by Gasteiger charge is 2.31. The molecular weight excluding hydrogens is 711 g/mol. The Hall–Kier alpha value is -5.68. The molecule has 4 aromatic carbocycles. The lowest BCUT2D eigenvalue weighted by Crippen LogP contribution is -2.48. The van der Waals surface area contributed by atoms with Gasteiger partial charge < -0.3 is 9.47 Å². The van der Waals surface area contributed by atoms with Gasteiger partial charge in [-0.2, -0.15) is 13.2 Å². The minimum atomic E-state index is -4.42. The molecule has 1 saturated heterocycles. The Kier molecular flexibility index (Phi) is 11.2. The third-order valence-corrected chi connectivity index (χ3v) is 10.3. The van der Waals surface area contributed by atoms with Crippen molar-refractivity contribution in [1.82, 2.24) is 19.4 Å². The van der Waals surface area contributed by atoms with Crippen molar-refractivity contribution in [1.29, 1.82) is 0 Å². The van der Waals surface area contributed by atoms with Crippen LogP contribution in [0.2, 0.25) is 0 Å². The van der Waals surface area contributed by atoms with Gasteiger partial charge in [0.2, 0.25) is 5.91 Å². The first-order chi connectivity index (χ1) is 26.5. The summed E-state index contributed by atoms with van der Waals surface area (Å²) in [7, 11) is 0. The van der Waals surface area contributed by atoms with Crippen LogP contribution in [0.3, 0.4) is 0 Å². The number of fused-ring (bicyclic) bond motifs is 1. The molecule has 6 aromatic rings. The lowest BCUT2D eigenvalue weighted by Gasteiger charge is -2.39. The number of hydrogen-bond donors (Lipinski definition) is 0. The number of benzene rings is 4. The van der Waals surface area contributed by atoms with Gasteiger partial charge in [-0.25, -0.2) is 13.8 Å². The van der Waals surface area contributed by atoms with E-state index in [0.29, 0.717) is 22.3 Å². The smallest absolute Gasteiger partial charge is 0.334 e. The average Bonchev–Trinajstić information content (AvgIpc) is 3.19. The van der Waals surface area contributed by atoms with Crippen molar-refractivity contribution in [2.24, 2.45) is 0 Å². The summed E-state index contributed by atoms with van der Waals surface area (Å²) in [6.45, 7) is 2.51. The summed E-state index contributed by atoms with van der Waals surface area (Å²) in [6, 6.07) is 31.3. The molecule has 1 fully saturated rings. The third kappa shape index (κ3) is 8.84. The predicted octanol–water partition coefficient (Wildman–Crippen LogP) is 8.84. The van der Waals surface area contributed by atoms with Crippen molar-refractivity contribution in [3.63, 3.8) is 0 Å². The molecule has 0 spiro atoms. The highest BCUT2D eigenvalue weighted by molar-refractivity contribution is 5.81. The number of hydrogen-bond acceptors (Lipinski definition) is 4. The maximum Gasteiger partial charge on any atom is 0.416 e. The molecule has 11 heteroatoms. The standard InChI is InChI=1S/C44H39F5N4O2/c45-39-10-4-8-34(42(39)46)17-20-37-26-40(54)38-9-5-23-50-43(38)53(37)29-41(55)52(36-21-24-51(25-22-36)27-30-6-2-1-3-7-30)28-31-11-13-32(14-12-31)33-15-18-35(19-16-33)44(47,48)49/h1-16,18-19,23,26,36H,17,20-22,24-25,27-29H2. The number of pyridine rings is 2. The molecule has 0 unspecified atom stereocenters. The Morgan fingerprint density at radius 2 is 1.47 bits per heavy atom. The van der Waals surface area contributed by atoms with Crippen LogP contribution in [-0.2, 0) is 43.4 Å². The van der Waals surface area contributed by atoms with Gasteiger partial charge in [-0.15, -0.1) is 0 Å². The molecule has 0 radical (unpaired) electrons. The SMILES string of the molecule is O=C(Cn1c(CCc2cccc(F)c2F)cc(=O)c2cccnc21)N(Cc1ccc(-c2ccc(C(F)(F)F)cc2)cc1)C1CCN(Cc2ccccc2)CC1. The Labute approximate surface area is 315 Å². The second-order valence-corrected chi connectivity index (χ2v) is 14.0. The molecule has 282 valence electrons. The fourth-order valence-electron chi connectivity index (χ4n) is 7.36. The van der Waals surface area contributed by atoms with Gasteiger partial charge in [-0.05, 0) is 83.8 Å². The first-order valence-electron chi connectivity index (χ1n) is 18.3. The van der Waals surface area contributed by atoms with Crippen molar-refractivity contribution < 1.29 is 26.7 Å². The number of aryl methyl sites for hydroxylation is 2. The Morgan fingerprint density at radius 3 is 2.16 bits per heavy atom. The molecule has 2 aromatic heterocycles. The number of amides is 1. The van der Waals surface area contributed by atoms with Crippen LogP contribution in [0.25, 0.3) is 22.2 Å². The summed E-state index contributed by atoms with van der Waals surface area (Å²) in [4.78, 5) is 36.6. The molecule has 55 heavy (non-hydrogen) atoms. The van der Waals surface area contributed by atoms with Crippen molar-refractivity contribution in [2.45, 2.75) is 57.5 Å². The normalized spacial score (nSPS) is 14.0. The van der Waals surface area contributed by atoms with Crippen molar-refractivity contribution in [3.05, 3.63) is 171 Å². The van der Waals surface area contributed by atoms with Gasteiger partial charge in [-0.3, -0.25) is 14.5 Å². The number of nitrogens with zero attached hydrogens (tertiary/aromatic N) is 4. The van der Waals surface area contributed by atoms with Gasteiger partial charge in [0.15, 0.2) is 17.1 Å². The summed E-state index contributed by atoms with van der Waals surface area (Å²) >= 11 is 0. The predicted molar refractivity (Wildman–Crippen MR) is 202 cm³/mol. The van der Waals surface area contributed by atoms with Crippen LogP contribution in [0.1, 0.15) is 40.8 Å². The minimum Gasteiger partial charge on any atom is -0.334 e. The summed E-state index contributed by atoms with van der Waals surface area (Å²) in [5.41, 5.74) is 3.42. The second-order valence-electron chi connectivity index (χ2n) is 14.0. The van der Waals surface area contributed by atoms with Gasteiger partial charge in [0.1, 0.15) is 12.2 Å². The Balaban J connectivity index is 1.16. The molecule has 1 aliphatic rings. The van der Waals surface area contributed by atoms with Crippen LogP contribution >= 0.6 is 0 Å². The largest absolute Gasteiger partial charge is 0.416 e. The van der Waals surface area contributed by atoms with Gasteiger partial charge in [-0.1, -0.05) is 78.9 Å². The number of alkyl halides is 3. The number of rotatable bonds is 11. The first-order valence-corrected chi connectivity index (χ1v) is 18.3. The number of likely N-dealkylation sites (tertiary alicyclic amines) is 1. The minimum absolute atomic E-state index is 0.0995. The van der Waals surface area contributed by atoms with Crippen LogP contribution in [0.15, 0.2) is 126 Å². The summed E-state index contributed by atoms with van der Waals surface area (Å²) < 4.78 is 69.8. The van der Waals surface area contributed by atoms with E-state index in [1.807, 2.05) is 47.4 Å². The number of carbonyl (C=O) groups excluding carboxylic acids is 1. The van der Waals surface area contributed by atoms with E-state index in [-0.39, 0.29) is 48.9 Å². The van der Waals surface area contributed by atoms with Crippen molar-refractivity contribution >= 4 is 16.9 Å². The molecule has 0 saturated carbocycles. The fourth-order valence-corrected chi connectivity index (χ4v) is 7.36. The maximum atomic E-state index is 14.6. The molecule has 0 atom stereocenters. The van der Waals surface area contributed by atoms with E-state index >= 15 is 0 Å². The highest BCUT2D eigenvalue weighted by atomic mass is 19.4. The molecule has 7 rings (SSSR count). The van der Waals surface area contributed by atoms with Gasteiger partial charge in [0.05, 0.1) is 10.9 Å². The van der Waals surface area contributed by atoms with Gasteiger partial charge in [0, 0.05) is 50.2 Å². The molecule has 6 nitrogen and oxygen atoms in total. The third-order valence-electron chi connectivity index (χ3n) is 10.3. The van der Waals surface area contributed by atoms with E-state index < -0.39 is 23.4 Å². The monoisotopic (exact) mass is 750 g/mol. The molecule has 3 heterocycles. The number of carbonyl (C=O) groups is 1. The van der Waals surface area contributed by atoms with Gasteiger partial charge >= 0.3 is 6.18 Å². The second kappa shape index (κ2) is 16.4. The van der Waals surface area contributed by atoms with Crippen molar-refractivity contribution in [2.75, 3.05) is 13.1 Å². The maximum absolute atomic E-state index is 14.6. The van der Waals surface area contributed by atoms with Crippen LogP contribution in [0.4, 0.5) is 22.0 Å². The molecule has 1 amide bonds. The van der Waals surface area contributed by atoms with E-state index in [1.165, 1.54) is 35.9 Å². The zero-order valence-electron chi connectivity index (χ0n) is 30.0. The average molecular weight is 751 g/mol. The van der Waals surface area contributed by atoms with Crippen LogP contribution < -0.4 is 5.43 Å². The van der Waals surface area contributed by atoms with E-state index in [1.54, 1.807) is 22.9 Å². The first kappa shape index (κ1) is 37.6. The Morgan fingerprint density at radius 1 is 0.782 bits per heavy atom. The summed E-state index contributed by atoms with van der Waals surface area (Å²) in [5.74, 6) is -2.09. The molecule has 1 aliphatic heterocycles. The van der Waals surface area contributed by atoms with E-state index in [0.717, 1.165) is 61.8 Å². The summed E-state index contributed by atoms with van der Waals surface area (Å²) in [5, 5.41) is 0.343. The number of piperidine rings is 1. The topological polar surface area (TPSA) is 58.4 Å². The molecule has 0 bridgehead atoms. The van der Waals surface area contributed by atoms with Gasteiger partial charge in [0.25, 0.3) is 0 Å². The summed E-state index contributed by atoms with van der Waals surface area (Å²) in [6.07, 6.45) is -1.14. The fraction of sp³-hybridized carbons (Fsp3) is 0.250. The quantitative estimate of drug-likeness (QED) is 0.124. The van der Waals surface area contributed by atoms with Crippen LogP contribution in [0.5, 0.6) is 0 Å². The molecule has 0 N–H and O–H groups in total. The lowest BCUT2D eigenvalue weighted by atomic mass is 9.99. The van der Waals surface area contributed by atoms with Crippen LogP contribution in [0, 0.1) is 11.6 Å². The molecule has 0 aliphatic carbocycles. The number of halogens is 5.